The minimum atomic E-state index is -1.03. The highest BCUT2D eigenvalue weighted by Gasteiger charge is 2.35. The average Bonchev–Trinajstić information content (AvgIpc) is 3.65. The molecule has 9 heteroatoms. The van der Waals surface area contributed by atoms with E-state index in [1.165, 1.54) is 12.0 Å². The van der Waals surface area contributed by atoms with Crippen molar-refractivity contribution >= 4 is 17.9 Å². The normalized spacial score (nSPS) is 19.5. The second-order valence-corrected chi connectivity index (χ2v) is 10.3. The van der Waals surface area contributed by atoms with Gasteiger partial charge in [0.1, 0.15) is 18.5 Å². The molecule has 0 unspecified atom stereocenters. The Kier molecular flexibility index (Phi) is 8.26. The van der Waals surface area contributed by atoms with E-state index in [1.807, 2.05) is 6.92 Å². The molecule has 3 aliphatic rings. The van der Waals surface area contributed by atoms with Gasteiger partial charge >= 0.3 is 12.1 Å². The second-order valence-electron chi connectivity index (χ2n) is 10.3. The third-order valence-corrected chi connectivity index (χ3v) is 6.89. The van der Waals surface area contributed by atoms with Crippen molar-refractivity contribution in [3.63, 3.8) is 0 Å². The number of carbonyl (C=O) groups excluding carboxylic acids is 1. The number of aromatic nitrogens is 1. The zero-order valence-corrected chi connectivity index (χ0v) is 20.2. The monoisotopic (exact) mass is 474 g/mol. The van der Waals surface area contributed by atoms with Crippen LogP contribution in [0.1, 0.15) is 56.7 Å². The summed E-state index contributed by atoms with van der Waals surface area (Å²) < 4.78 is 10.4. The molecular formula is C25H38N4O5. The number of nitrogens with zero attached hydrogens (tertiary/aromatic N) is 2. The summed E-state index contributed by atoms with van der Waals surface area (Å²) in [5, 5.41) is 15.5. The molecule has 0 spiro atoms. The van der Waals surface area contributed by atoms with Crippen LogP contribution in [-0.2, 0) is 27.1 Å². The summed E-state index contributed by atoms with van der Waals surface area (Å²) in [5.74, 6) is 0.0159. The minimum Gasteiger partial charge on any atom is -0.480 e. The number of nitrogens with one attached hydrogen (secondary N) is 2. The minimum absolute atomic E-state index is 0.163. The Morgan fingerprint density at radius 2 is 2.15 bits per heavy atom. The summed E-state index contributed by atoms with van der Waals surface area (Å²) in [6.45, 7) is 5.89. The summed E-state index contributed by atoms with van der Waals surface area (Å²) in [4.78, 5) is 31.0. The molecule has 0 bridgehead atoms. The number of hydrogen-bond acceptors (Lipinski definition) is 7. The zero-order chi connectivity index (χ0) is 24.0. The Hall–Kier alpha value is -2.39. The van der Waals surface area contributed by atoms with E-state index in [4.69, 9.17) is 14.5 Å². The number of pyridine rings is 1. The molecule has 1 aromatic heterocycles. The van der Waals surface area contributed by atoms with Crippen molar-refractivity contribution in [2.45, 2.75) is 70.4 Å². The first kappa shape index (κ1) is 24.7. The lowest BCUT2D eigenvalue weighted by Crippen LogP contribution is -2.47. The summed E-state index contributed by atoms with van der Waals surface area (Å²) in [6.07, 6.45) is 7.30. The number of unbranched alkanes of at least 4 members (excludes halogenated alkanes) is 1. The van der Waals surface area contributed by atoms with Crippen LogP contribution in [-0.4, -0.2) is 78.6 Å². The fourth-order valence-corrected chi connectivity index (χ4v) is 4.56. The number of fused-ring (bicyclic) bond motifs is 1. The van der Waals surface area contributed by atoms with Crippen LogP contribution < -0.4 is 10.6 Å². The first-order chi connectivity index (χ1) is 16.4. The van der Waals surface area contributed by atoms with Crippen molar-refractivity contribution in [1.82, 2.24) is 15.2 Å². The van der Waals surface area contributed by atoms with E-state index >= 15 is 0 Å². The Bertz CT molecular complexity index is 856. The van der Waals surface area contributed by atoms with Gasteiger partial charge in [-0.15, -0.1) is 0 Å². The van der Waals surface area contributed by atoms with E-state index in [1.54, 1.807) is 0 Å². The number of rotatable bonds is 13. The number of ether oxygens (including phenoxy) is 2. The molecule has 188 valence electrons. The Labute approximate surface area is 201 Å². The third kappa shape index (κ3) is 7.06. The number of carboxylic acids is 1. The molecule has 1 atom stereocenters. The van der Waals surface area contributed by atoms with E-state index in [9.17, 15) is 14.7 Å². The number of anilines is 1. The number of aliphatic carboxylic acids is 1. The van der Waals surface area contributed by atoms with E-state index < -0.39 is 18.1 Å². The molecule has 1 aromatic rings. The molecule has 9 nitrogen and oxygen atoms in total. The lowest BCUT2D eigenvalue weighted by atomic mass is 9.90. The Balaban J connectivity index is 1.17. The largest absolute Gasteiger partial charge is 0.480 e. The van der Waals surface area contributed by atoms with Crippen LogP contribution in [0.3, 0.4) is 0 Å². The molecule has 0 radical (unpaired) electrons. The van der Waals surface area contributed by atoms with Gasteiger partial charge in [0.25, 0.3) is 0 Å². The first-order valence-corrected chi connectivity index (χ1v) is 12.6. The van der Waals surface area contributed by atoms with Gasteiger partial charge in [-0.3, -0.25) is 0 Å². The first-order valence-electron chi connectivity index (χ1n) is 12.6. The van der Waals surface area contributed by atoms with Gasteiger partial charge in [-0.2, -0.15) is 0 Å². The lowest BCUT2D eigenvalue weighted by molar-refractivity contribution is -0.140. The lowest BCUT2D eigenvalue weighted by Gasteiger charge is -2.37. The third-order valence-electron chi connectivity index (χ3n) is 6.89. The van der Waals surface area contributed by atoms with Crippen molar-refractivity contribution in [2.24, 2.45) is 5.41 Å². The predicted octanol–water partition coefficient (Wildman–Crippen LogP) is 2.83. The maximum atomic E-state index is 12.1. The molecule has 1 aliphatic carbocycles. The van der Waals surface area contributed by atoms with Crippen LogP contribution in [0.5, 0.6) is 0 Å². The molecule has 1 amide bonds. The Morgan fingerprint density at radius 1 is 1.32 bits per heavy atom. The van der Waals surface area contributed by atoms with Gasteiger partial charge in [0.05, 0.1) is 13.2 Å². The quantitative estimate of drug-likeness (QED) is 0.374. The molecule has 4 rings (SSSR count). The highest BCUT2D eigenvalue weighted by molar-refractivity contribution is 5.79. The molecule has 34 heavy (non-hydrogen) atoms. The molecule has 1 saturated heterocycles. The number of hydrogen-bond donors (Lipinski definition) is 3. The maximum absolute atomic E-state index is 12.1. The van der Waals surface area contributed by atoms with Crippen molar-refractivity contribution in [3.8, 4) is 0 Å². The van der Waals surface area contributed by atoms with E-state index in [2.05, 4.69) is 27.7 Å². The molecule has 1 saturated carbocycles. The predicted molar refractivity (Wildman–Crippen MR) is 128 cm³/mol. The van der Waals surface area contributed by atoms with Crippen LogP contribution in [0.4, 0.5) is 10.6 Å². The summed E-state index contributed by atoms with van der Waals surface area (Å²) >= 11 is 0. The number of amides is 1. The zero-order valence-electron chi connectivity index (χ0n) is 20.2. The molecule has 3 heterocycles. The van der Waals surface area contributed by atoms with Crippen LogP contribution in [0.15, 0.2) is 12.1 Å². The SMILES string of the molecule is CC1(COC(=O)N[C@@H](CCN(CCCCc2ccc3c(n2)NCCC3)C2CC2)C(=O)O)COC1. The van der Waals surface area contributed by atoms with Crippen molar-refractivity contribution < 1.29 is 24.2 Å². The molecule has 2 aliphatic heterocycles. The van der Waals surface area contributed by atoms with Gasteiger partial charge in [0.2, 0.25) is 0 Å². The molecule has 3 N–H and O–H groups in total. The van der Waals surface area contributed by atoms with Gasteiger partial charge in [-0.05, 0) is 69.5 Å². The summed E-state index contributed by atoms with van der Waals surface area (Å²) in [5.41, 5.74) is 2.28. The van der Waals surface area contributed by atoms with Crippen molar-refractivity contribution in [2.75, 3.05) is 44.8 Å². The highest BCUT2D eigenvalue weighted by atomic mass is 16.6. The number of aryl methyl sites for hydroxylation is 2. The van der Waals surface area contributed by atoms with Gasteiger partial charge in [0.15, 0.2) is 0 Å². The van der Waals surface area contributed by atoms with Crippen molar-refractivity contribution in [1.29, 1.82) is 0 Å². The van der Waals surface area contributed by atoms with Crippen LogP contribution >= 0.6 is 0 Å². The fourth-order valence-electron chi connectivity index (χ4n) is 4.56. The Morgan fingerprint density at radius 3 is 2.85 bits per heavy atom. The average molecular weight is 475 g/mol. The smallest absolute Gasteiger partial charge is 0.407 e. The van der Waals surface area contributed by atoms with Crippen LogP contribution in [0.25, 0.3) is 0 Å². The molecular weight excluding hydrogens is 436 g/mol. The van der Waals surface area contributed by atoms with Gasteiger partial charge < -0.3 is 30.1 Å². The highest BCUT2D eigenvalue weighted by Crippen LogP contribution is 2.28. The van der Waals surface area contributed by atoms with Gasteiger partial charge in [0, 0.05) is 30.2 Å². The summed E-state index contributed by atoms with van der Waals surface area (Å²) in [7, 11) is 0. The number of carboxylic acid groups (broad SMARTS) is 1. The van der Waals surface area contributed by atoms with Crippen LogP contribution in [0, 0.1) is 5.41 Å². The fraction of sp³-hybridized carbons (Fsp3) is 0.720. The standard InChI is InChI=1S/C25H38N4O5/c1-25(15-33-16-25)17-34-24(32)28-21(23(30)31)11-14-29(20-9-10-20)13-3-2-6-19-8-7-18-5-4-12-26-22(18)27-19/h7-8,20-21H,2-6,9-17H2,1H3,(H,26,27)(H,28,32)(H,30,31)/t21-/m0/s1. The van der Waals surface area contributed by atoms with Gasteiger partial charge in [-0.1, -0.05) is 13.0 Å². The molecule has 0 aromatic carbocycles. The van der Waals surface area contributed by atoms with Gasteiger partial charge in [-0.25, -0.2) is 14.6 Å². The van der Waals surface area contributed by atoms with E-state index in [-0.39, 0.29) is 12.0 Å². The number of carbonyl (C=O) groups is 2. The van der Waals surface area contributed by atoms with Crippen molar-refractivity contribution in [3.05, 3.63) is 23.4 Å². The topological polar surface area (TPSA) is 113 Å². The van der Waals surface area contributed by atoms with E-state index in [0.29, 0.717) is 32.2 Å². The molecule has 2 fully saturated rings. The van der Waals surface area contributed by atoms with E-state index in [0.717, 1.165) is 63.1 Å². The van der Waals surface area contributed by atoms with Crippen LogP contribution in [0.2, 0.25) is 0 Å². The maximum Gasteiger partial charge on any atom is 0.407 e. The second kappa shape index (κ2) is 11.4. The summed E-state index contributed by atoms with van der Waals surface area (Å²) in [6, 6.07) is 3.92. The number of alkyl carbamates (subject to hydrolysis) is 1.